The molecule has 0 radical (unpaired) electrons. The van der Waals surface area contributed by atoms with Gasteiger partial charge in [-0.2, -0.15) is 0 Å². The number of aryl methyl sites for hydroxylation is 1. The molecule has 0 aliphatic carbocycles. The highest BCUT2D eigenvalue weighted by molar-refractivity contribution is 5.33. The topological polar surface area (TPSA) is 21.3 Å². The first-order valence-electron chi connectivity index (χ1n) is 7.61. The average molecular weight is 283 g/mol. The fourth-order valence-corrected chi connectivity index (χ4v) is 2.25. The zero-order valence-corrected chi connectivity index (χ0v) is 13.4. The Bertz CT molecular complexity index is 560. The lowest BCUT2D eigenvalue weighted by Gasteiger charge is -2.18. The molecular weight excluding hydrogens is 258 g/mol. The van der Waals surface area contributed by atoms with Crippen molar-refractivity contribution in [1.29, 1.82) is 0 Å². The Morgan fingerprint density at radius 3 is 2.29 bits per heavy atom. The SMILES string of the molecule is Cc1ccc([C@H](C)NCc2ccccc2OC(C)C)cc1. The molecule has 2 rings (SSSR count). The van der Waals surface area contributed by atoms with Crippen LogP contribution in [-0.2, 0) is 6.54 Å². The smallest absolute Gasteiger partial charge is 0.124 e. The van der Waals surface area contributed by atoms with Gasteiger partial charge in [-0.15, -0.1) is 0 Å². The van der Waals surface area contributed by atoms with E-state index in [2.05, 4.69) is 69.4 Å². The van der Waals surface area contributed by atoms with Crippen molar-refractivity contribution in [3.63, 3.8) is 0 Å². The van der Waals surface area contributed by atoms with E-state index >= 15 is 0 Å². The van der Waals surface area contributed by atoms with Gasteiger partial charge in [0.25, 0.3) is 0 Å². The summed E-state index contributed by atoms with van der Waals surface area (Å²) in [5, 5.41) is 3.57. The maximum Gasteiger partial charge on any atom is 0.124 e. The Hall–Kier alpha value is -1.80. The molecule has 112 valence electrons. The summed E-state index contributed by atoms with van der Waals surface area (Å²) in [6.07, 6.45) is 0.195. The normalized spacial score (nSPS) is 12.4. The molecule has 0 saturated heterocycles. The van der Waals surface area contributed by atoms with Gasteiger partial charge in [0.15, 0.2) is 0 Å². The van der Waals surface area contributed by atoms with Gasteiger partial charge in [0.05, 0.1) is 6.10 Å². The molecule has 0 heterocycles. The first-order chi connectivity index (χ1) is 10.1. The van der Waals surface area contributed by atoms with Gasteiger partial charge in [0.1, 0.15) is 5.75 Å². The monoisotopic (exact) mass is 283 g/mol. The lowest BCUT2D eigenvalue weighted by atomic mass is 10.1. The predicted octanol–water partition coefficient (Wildman–Crippen LogP) is 4.63. The van der Waals surface area contributed by atoms with Gasteiger partial charge >= 0.3 is 0 Å². The largest absolute Gasteiger partial charge is 0.491 e. The number of hydrogen-bond donors (Lipinski definition) is 1. The molecule has 2 aromatic rings. The summed E-state index contributed by atoms with van der Waals surface area (Å²) < 4.78 is 5.86. The molecule has 2 nitrogen and oxygen atoms in total. The van der Waals surface area contributed by atoms with E-state index in [0.29, 0.717) is 6.04 Å². The van der Waals surface area contributed by atoms with E-state index in [-0.39, 0.29) is 6.10 Å². The summed E-state index contributed by atoms with van der Waals surface area (Å²) in [7, 11) is 0. The Balaban J connectivity index is 2.01. The van der Waals surface area contributed by atoms with Crippen molar-refractivity contribution in [3.8, 4) is 5.75 Å². The van der Waals surface area contributed by atoms with Crippen molar-refractivity contribution in [3.05, 3.63) is 65.2 Å². The molecular formula is C19H25NO. The van der Waals surface area contributed by atoms with Gasteiger partial charge in [-0.3, -0.25) is 0 Å². The zero-order valence-electron chi connectivity index (χ0n) is 13.4. The highest BCUT2D eigenvalue weighted by Crippen LogP contribution is 2.21. The van der Waals surface area contributed by atoms with E-state index < -0.39 is 0 Å². The summed E-state index contributed by atoms with van der Waals surface area (Å²) in [4.78, 5) is 0. The summed E-state index contributed by atoms with van der Waals surface area (Å²) in [5.41, 5.74) is 3.80. The van der Waals surface area contributed by atoms with Crippen LogP contribution in [0.3, 0.4) is 0 Å². The number of nitrogens with one attached hydrogen (secondary N) is 1. The molecule has 0 unspecified atom stereocenters. The number of ether oxygens (including phenoxy) is 1. The Labute approximate surface area is 128 Å². The van der Waals surface area contributed by atoms with E-state index in [1.165, 1.54) is 16.7 Å². The highest BCUT2D eigenvalue weighted by Gasteiger charge is 2.08. The van der Waals surface area contributed by atoms with Gasteiger partial charge in [-0.05, 0) is 39.3 Å². The van der Waals surface area contributed by atoms with Crippen molar-refractivity contribution < 1.29 is 4.74 Å². The second-order valence-electron chi connectivity index (χ2n) is 5.79. The van der Waals surface area contributed by atoms with E-state index in [1.54, 1.807) is 0 Å². The molecule has 0 saturated carbocycles. The van der Waals surface area contributed by atoms with Gasteiger partial charge < -0.3 is 10.1 Å². The molecule has 0 spiro atoms. The average Bonchev–Trinajstić information content (AvgIpc) is 2.46. The van der Waals surface area contributed by atoms with E-state index in [4.69, 9.17) is 4.74 Å². The number of para-hydroxylation sites is 1. The van der Waals surface area contributed by atoms with Crippen molar-refractivity contribution in [2.45, 2.75) is 46.4 Å². The molecule has 0 aliphatic heterocycles. The minimum atomic E-state index is 0.195. The number of benzene rings is 2. The maximum atomic E-state index is 5.86. The third-order valence-corrected chi connectivity index (χ3v) is 3.51. The van der Waals surface area contributed by atoms with Crippen LogP contribution in [0, 0.1) is 6.92 Å². The van der Waals surface area contributed by atoms with Crippen LogP contribution in [0.5, 0.6) is 5.75 Å². The van der Waals surface area contributed by atoms with Gasteiger partial charge in [-0.25, -0.2) is 0 Å². The fraction of sp³-hybridized carbons (Fsp3) is 0.368. The molecule has 0 amide bonds. The summed E-state index contributed by atoms with van der Waals surface area (Å²) in [6, 6.07) is 17.2. The zero-order chi connectivity index (χ0) is 15.2. The van der Waals surface area contributed by atoms with Crippen molar-refractivity contribution >= 4 is 0 Å². The molecule has 21 heavy (non-hydrogen) atoms. The predicted molar refractivity (Wildman–Crippen MR) is 88.6 cm³/mol. The second-order valence-corrected chi connectivity index (χ2v) is 5.79. The van der Waals surface area contributed by atoms with Gasteiger partial charge in [0.2, 0.25) is 0 Å². The summed E-state index contributed by atoms with van der Waals surface area (Å²) >= 11 is 0. The minimum Gasteiger partial charge on any atom is -0.491 e. The molecule has 0 aromatic heterocycles. The van der Waals surface area contributed by atoms with Crippen LogP contribution in [0.15, 0.2) is 48.5 Å². The van der Waals surface area contributed by atoms with Crippen LogP contribution in [0.2, 0.25) is 0 Å². The molecule has 0 bridgehead atoms. The lowest BCUT2D eigenvalue weighted by molar-refractivity contribution is 0.239. The highest BCUT2D eigenvalue weighted by atomic mass is 16.5. The van der Waals surface area contributed by atoms with Gasteiger partial charge in [-0.1, -0.05) is 48.0 Å². The van der Waals surface area contributed by atoms with Crippen LogP contribution < -0.4 is 10.1 Å². The number of rotatable bonds is 6. The van der Waals surface area contributed by atoms with E-state index in [1.807, 2.05) is 12.1 Å². The van der Waals surface area contributed by atoms with Crippen LogP contribution in [0.25, 0.3) is 0 Å². The summed E-state index contributed by atoms with van der Waals surface area (Å²) in [6.45, 7) is 9.22. The van der Waals surface area contributed by atoms with E-state index in [0.717, 1.165) is 12.3 Å². The first kappa shape index (κ1) is 15.6. The van der Waals surface area contributed by atoms with Crippen LogP contribution in [0.1, 0.15) is 43.5 Å². The standard InChI is InChI=1S/C19H25NO/c1-14(2)21-19-8-6-5-7-18(19)13-20-16(4)17-11-9-15(3)10-12-17/h5-12,14,16,20H,13H2,1-4H3/t16-/m0/s1. The van der Waals surface area contributed by atoms with Crippen molar-refractivity contribution in [2.24, 2.45) is 0 Å². The lowest BCUT2D eigenvalue weighted by Crippen LogP contribution is -2.19. The van der Waals surface area contributed by atoms with Gasteiger partial charge in [0, 0.05) is 18.2 Å². The van der Waals surface area contributed by atoms with Crippen molar-refractivity contribution in [2.75, 3.05) is 0 Å². The molecule has 1 atom stereocenters. The summed E-state index contributed by atoms with van der Waals surface area (Å²) in [5.74, 6) is 0.969. The maximum absolute atomic E-state index is 5.86. The molecule has 0 aliphatic rings. The number of hydrogen-bond acceptors (Lipinski definition) is 2. The molecule has 0 fully saturated rings. The second kappa shape index (κ2) is 7.28. The van der Waals surface area contributed by atoms with Crippen LogP contribution >= 0.6 is 0 Å². The molecule has 2 aromatic carbocycles. The fourth-order valence-electron chi connectivity index (χ4n) is 2.25. The Morgan fingerprint density at radius 1 is 0.952 bits per heavy atom. The van der Waals surface area contributed by atoms with E-state index in [9.17, 15) is 0 Å². The van der Waals surface area contributed by atoms with Crippen molar-refractivity contribution in [1.82, 2.24) is 5.32 Å². The Kier molecular flexibility index (Phi) is 5.40. The first-order valence-corrected chi connectivity index (χ1v) is 7.61. The van der Waals surface area contributed by atoms with Crippen LogP contribution in [-0.4, -0.2) is 6.10 Å². The minimum absolute atomic E-state index is 0.195. The van der Waals surface area contributed by atoms with Crippen LogP contribution in [0.4, 0.5) is 0 Å². The quantitative estimate of drug-likeness (QED) is 0.834. The third kappa shape index (κ3) is 4.61. The molecule has 2 heteroatoms. The Morgan fingerprint density at radius 2 is 1.62 bits per heavy atom. The molecule has 1 N–H and O–H groups in total. The third-order valence-electron chi connectivity index (χ3n) is 3.51.